The van der Waals surface area contributed by atoms with E-state index in [4.69, 9.17) is 5.26 Å². The Hall–Kier alpha value is -3.66. The van der Waals surface area contributed by atoms with E-state index in [9.17, 15) is 9.59 Å². The predicted octanol–water partition coefficient (Wildman–Crippen LogP) is 2.72. The van der Waals surface area contributed by atoms with Gasteiger partial charge in [-0.15, -0.1) is 0 Å². The van der Waals surface area contributed by atoms with E-state index in [0.29, 0.717) is 25.1 Å². The van der Waals surface area contributed by atoms with Gasteiger partial charge >= 0.3 is 0 Å². The lowest BCUT2D eigenvalue weighted by Gasteiger charge is -2.35. The fraction of sp³-hybridized carbons (Fsp3) is 0.238. The Morgan fingerprint density at radius 2 is 2.07 bits per heavy atom. The van der Waals surface area contributed by atoms with E-state index in [1.165, 1.54) is 0 Å². The molecule has 1 amide bonds. The van der Waals surface area contributed by atoms with E-state index < -0.39 is 0 Å². The molecular weight excluding hydrogens is 354 g/mol. The molecule has 1 aliphatic rings. The number of amides is 1. The lowest BCUT2D eigenvalue weighted by atomic mass is 10.0. The van der Waals surface area contributed by atoms with Gasteiger partial charge in [-0.25, -0.2) is 4.52 Å². The van der Waals surface area contributed by atoms with Crippen LogP contribution in [0.2, 0.25) is 0 Å². The van der Waals surface area contributed by atoms with Gasteiger partial charge < -0.3 is 15.0 Å². The number of aryl methyl sites for hydroxylation is 1. The second-order valence-corrected chi connectivity index (χ2v) is 6.93. The van der Waals surface area contributed by atoms with Crippen LogP contribution in [-0.4, -0.2) is 39.8 Å². The maximum Gasteiger partial charge on any atom is 0.255 e. The number of carbonyl (C=O) groups is 2. The first kappa shape index (κ1) is 17.7. The van der Waals surface area contributed by atoms with Crippen LogP contribution in [0.3, 0.4) is 0 Å². The van der Waals surface area contributed by atoms with Crippen molar-refractivity contribution >= 4 is 29.1 Å². The molecule has 4 rings (SSSR count). The molecular formula is C21H19N5O2. The van der Waals surface area contributed by atoms with Crippen molar-refractivity contribution in [1.29, 1.82) is 5.26 Å². The first-order chi connectivity index (χ1) is 13.6. The number of aromatic nitrogens is 2. The summed E-state index contributed by atoms with van der Waals surface area (Å²) < 4.78 is 1.70. The number of nitrogens with zero attached hydrogens (tertiary/aromatic N) is 4. The van der Waals surface area contributed by atoms with Crippen LogP contribution in [0, 0.1) is 24.2 Å². The zero-order valence-electron chi connectivity index (χ0n) is 15.4. The number of rotatable bonds is 5. The van der Waals surface area contributed by atoms with E-state index in [1.807, 2.05) is 37.3 Å². The van der Waals surface area contributed by atoms with Crippen LogP contribution in [0.15, 0.2) is 42.7 Å². The topological polar surface area (TPSA) is 90.5 Å². The van der Waals surface area contributed by atoms with Gasteiger partial charge in [0.25, 0.3) is 5.91 Å². The Balaban J connectivity index is 1.63. The van der Waals surface area contributed by atoms with Crippen LogP contribution in [0.1, 0.15) is 21.5 Å². The summed E-state index contributed by atoms with van der Waals surface area (Å²) in [4.78, 5) is 25.1. The summed E-state index contributed by atoms with van der Waals surface area (Å²) >= 11 is 0. The Morgan fingerprint density at radius 3 is 2.75 bits per heavy atom. The highest BCUT2D eigenvalue weighted by Gasteiger charge is 2.32. The molecule has 7 nitrogen and oxygen atoms in total. The molecule has 1 N–H and O–H groups in total. The lowest BCUT2D eigenvalue weighted by molar-refractivity contribution is -0.107. The van der Waals surface area contributed by atoms with E-state index in [-0.39, 0.29) is 11.8 Å². The zero-order valence-corrected chi connectivity index (χ0v) is 15.4. The van der Waals surface area contributed by atoms with Crippen LogP contribution in [0.25, 0.3) is 5.52 Å². The monoisotopic (exact) mass is 373 g/mol. The summed E-state index contributed by atoms with van der Waals surface area (Å²) in [6.45, 7) is 2.86. The summed E-state index contributed by atoms with van der Waals surface area (Å²) in [5, 5.41) is 16.6. The number of likely N-dealkylation sites (tertiary alicyclic amines) is 1. The third-order valence-corrected chi connectivity index (χ3v) is 5.06. The van der Waals surface area contributed by atoms with Crippen LogP contribution in [0.5, 0.6) is 0 Å². The van der Waals surface area contributed by atoms with Crippen LogP contribution in [0.4, 0.5) is 11.4 Å². The summed E-state index contributed by atoms with van der Waals surface area (Å²) in [7, 11) is 0. The molecule has 1 aromatic carbocycles. The molecule has 1 aliphatic heterocycles. The van der Waals surface area contributed by atoms with Gasteiger partial charge in [0, 0.05) is 37.6 Å². The summed E-state index contributed by atoms with van der Waals surface area (Å²) in [6, 6.07) is 11.7. The van der Waals surface area contributed by atoms with Gasteiger partial charge in [0.15, 0.2) is 0 Å². The molecule has 3 aromatic rings. The number of nitrogens with one attached hydrogen (secondary N) is 1. The molecule has 0 saturated carbocycles. The molecule has 0 radical (unpaired) electrons. The van der Waals surface area contributed by atoms with E-state index in [2.05, 4.69) is 16.5 Å². The first-order valence-electron chi connectivity index (χ1n) is 9.06. The van der Waals surface area contributed by atoms with Crippen molar-refractivity contribution in [2.45, 2.75) is 13.3 Å². The van der Waals surface area contributed by atoms with Crippen LogP contribution in [-0.2, 0) is 11.2 Å². The van der Waals surface area contributed by atoms with Crippen molar-refractivity contribution in [2.24, 2.45) is 5.92 Å². The van der Waals surface area contributed by atoms with Crippen molar-refractivity contribution in [3.63, 3.8) is 0 Å². The van der Waals surface area contributed by atoms with Gasteiger partial charge in [0.05, 0.1) is 28.8 Å². The van der Waals surface area contributed by atoms with Crippen LogP contribution >= 0.6 is 0 Å². The number of benzene rings is 1. The number of fused-ring (bicyclic) bond motifs is 1. The van der Waals surface area contributed by atoms with Gasteiger partial charge in [0.1, 0.15) is 6.29 Å². The summed E-state index contributed by atoms with van der Waals surface area (Å²) in [5.74, 6) is -0.141. The van der Waals surface area contributed by atoms with Gasteiger partial charge in [-0.05, 0) is 36.2 Å². The third kappa shape index (κ3) is 3.09. The minimum atomic E-state index is -0.0707. The SMILES string of the molecule is Cc1c(C(=O)N2CC(C#N)C2)cn2nccc(Nc3ccc(CC=O)cc3)c12. The molecule has 0 aliphatic carbocycles. The lowest BCUT2D eigenvalue weighted by Crippen LogP contribution is -2.49. The third-order valence-electron chi connectivity index (χ3n) is 5.06. The van der Waals surface area contributed by atoms with Crippen molar-refractivity contribution in [2.75, 3.05) is 18.4 Å². The summed E-state index contributed by atoms with van der Waals surface area (Å²) in [6.07, 6.45) is 4.70. The number of aldehydes is 1. The zero-order chi connectivity index (χ0) is 19.7. The first-order valence-corrected chi connectivity index (χ1v) is 9.06. The molecule has 0 atom stereocenters. The van der Waals surface area contributed by atoms with Crippen molar-refractivity contribution in [3.8, 4) is 6.07 Å². The average molecular weight is 373 g/mol. The second kappa shape index (κ2) is 7.16. The Kier molecular flexibility index (Phi) is 4.53. The molecule has 0 spiro atoms. The molecule has 7 heteroatoms. The highest BCUT2D eigenvalue weighted by atomic mass is 16.2. The quantitative estimate of drug-likeness (QED) is 0.695. The molecule has 0 bridgehead atoms. The molecule has 140 valence electrons. The van der Waals surface area contributed by atoms with Crippen molar-refractivity contribution in [1.82, 2.24) is 14.5 Å². The molecule has 28 heavy (non-hydrogen) atoms. The average Bonchev–Trinajstić information content (AvgIpc) is 3.00. The molecule has 0 unspecified atom stereocenters. The van der Waals surface area contributed by atoms with Gasteiger partial charge in [0.2, 0.25) is 0 Å². The number of carbonyl (C=O) groups excluding carboxylic acids is 2. The van der Waals surface area contributed by atoms with Crippen molar-refractivity contribution in [3.05, 3.63) is 59.4 Å². The van der Waals surface area contributed by atoms with E-state index in [0.717, 1.165) is 34.3 Å². The standard InChI is InChI=1S/C21H19N5O2/c1-14-18(21(28)25-11-16(10-22)12-25)13-26-20(14)19(6-8-23-26)24-17-4-2-15(3-5-17)7-9-27/h2-6,8-9,13,16,24H,7,11-12H2,1H3. The van der Waals surface area contributed by atoms with Gasteiger partial charge in [-0.1, -0.05) is 12.1 Å². The number of nitriles is 1. The van der Waals surface area contributed by atoms with Crippen LogP contribution < -0.4 is 5.32 Å². The molecule has 1 fully saturated rings. The number of anilines is 2. The molecule has 2 aromatic heterocycles. The number of hydrogen-bond donors (Lipinski definition) is 1. The fourth-order valence-electron chi connectivity index (χ4n) is 3.45. The largest absolute Gasteiger partial charge is 0.354 e. The highest BCUT2D eigenvalue weighted by Crippen LogP contribution is 2.29. The Bertz CT molecular complexity index is 1090. The number of hydrogen-bond acceptors (Lipinski definition) is 5. The highest BCUT2D eigenvalue weighted by molar-refractivity contribution is 6.00. The smallest absolute Gasteiger partial charge is 0.255 e. The van der Waals surface area contributed by atoms with E-state index >= 15 is 0 Å². The van der Waals surface area contributed by atoms with Gasteiger partial charge in [-0.3, -0.25) is 4.79 Å². The normalized spacial score (nSPS) is 13.8. The Morgan fingerprint density at radius 1 is 1.32 bits per heavy atom. The minimum Gasteiger partial charge on any atom is -0.354 e. The molecule has 3 heterocycles. The van der Waals surface area contributed by atoms with E-state index in [1.54, 1.807) is 21.8 Å². The van der Waals surface area contributed by atoms with Gasteiger partial charge in [-0.2, -0.15) is 10.4 Å². The fourth-order valence-corrected chi connectivity index (χ4v) is 3.45. The maximum absolute atomic E-state index is 12.8. The summed E-state index contributed by atoms with van der Waals surface area (Å²) in [5.41, 5.74) is 4.96. The second-order valence-electron chi connectivity index (χ2n) is 6.93. The molecule has 1 saturated heterocycles. The predicted molar refractivity (Wildman–Crippen MR) is 104 cm³/mol. The Labute approximate surface area is 162 Å². The van der Waals surface area contributed by atoms with Crippen molar-refractivity contribution < 1.29 is 9.59 Å². The maximum atomic E-state index is 12.8. The minimum absolute atomic E-state index is 0.0705.